The number of esters is 3. The van der Waals surface area contributed by atoms with E-state index in [9.17, 15) is 14.4 Å². The van der Waals surface area contributed by atoms with Crippen LogP contribution in [0.3, 0.4) is 0 Å². The Morgan fingerprint density at radius 2 is 0.591 bits per heavy atom. The highest BCUT2D eigenvalue weighted by Gasteiger charge is 2.19. The second-order valence-electron chi connectivity index (χ2n) is 19.2. The van der Waals surface area contributed by atoms with Gasteiger partial charge in [0.15, 0.2) is 6.10 Å². The molecule has 0 aromatic carbocycles. The highest BCUT2D eigenvalue weighted by atomic mass is 16.6. The van der Waals surface area contributed by atoms with E-state index in [0.29, 0.717) is 19.3 Å². The molecule has 0 heterocycles. The van der Waals surface area contributed by atoms with Gasteiger partial charge < -0.3 is 14.2 Å². The first-order valence-electron chi connectivity index (χ1n) is 28.6. The minimum Gasteiger partial charge on any atom is -0.462 e. The Balaban J connectivity index is 4.17. The quantitative estimate of drug-likeness (QED) is 0.0262. The van der Waals surface area contributed by atoms with Crippen LogP contribution in [-0.2, 0) is 28.6 Å². The molecule has 0 spiro atoms. The molecule has 0 aliphatic carbocycles. The molecule has 1 unspecified atom stereocenters. The van der Waals surface area contributed by atoms with E-state index in [4.69, 9.17) is 14.2 Å². The van der Waals surface area contributed by atoms with E-state index in [1.165, 1.54) is 161 Å². The van der Waals surface area contributed by atoms with Crippen molar-refractivity contribution < 1.29 is 28.6 Å². The van der Waals surface area contributed by atoms with Crippen molar-refractivity contribution in [2.24, 2.45) is 0 Å². The summed E-state index contributed by atoms with van der Waals surface area (Å²) in [5.41, 5.74) is 0. The lowest BCUT2D eigenvalue weighted by molar-refractivity contribution is -0.167. The van der Waals surface area contributed by atoms with Gasteiger partial charge in [0.2, 0.25) is 0 Å². The standard InChI is InChI=1S/C60H108O6/c1-4-7-10-13-16-18-20-22-24-26-28-29-30-32-33-35-37-39-41-44-47-50-53-59(62)65-56-57(55-64-58(61)52-49-46-43-15-12-9-6-3)66-60(63)54-51-48-45-42-40-38-36-34-31-27-25-23-21-19-17-14-11-8-5-2/h8,11,17,19,23,25,31,34,57H,4-7,9-10,12-16,18,20-22,24,26-30,32-33,35-56H2,1-3H3/b11-8-,19-17-,25-23-,34-31-. The molecular formula is C60H108O6. The zero-order valence-corrected chi connectivity index (χ0v) is 44.0. The molecule has 0 fully saturated rings. The minimum atomic E-state index is -0.776. The van der Waals surface area contributed by atoms with Crippen LogP contribution in [-0.4, -0.2) is 37.2 Å². The fourth-order valence-electron chi connectivity index (χ4n) is 8.32. The SMILES string of the molecule is CC/C=C\C/C=C\C/C=C\C/C=C\CCCCCCCCC(=O)OC(COC(=O)CCCCCCCCC)COC(=O)CCCCCCCCCCCCCCCCCCCCCCCC. The molecule has 0 aromatic rings. The van der Waals surface area contributed by atoms with Crippen molar-refractivity contribution in [2.75, 3.05) is 13.2 Å². The average molecular weight is 926 g/mol. The summed E-state index contributed by atoms with van der Waals surface area (Å²) in [6.07, 6.45) is 67.0. The largest absolute Gasteiger partial charge is 0.462 e. The highest BCUT2D eigenvalue weighted by molar-refractivity contribution is 5.71. The summed E-state index contributed by atoms with van der Waals surface area (Å²) >= 11 is 0. The fourth-order valence-corrected chi connectivity index (χ4v) is 8.32. The summed E-state index contributed by atoms with van der Waals surface area (Å²) in [5, 5.41) is 0. The molecule has 6 nitrogen and oxygen atoms in total. The van der Waals surface area contributed by atoms with Crippen molar-refractivity contribution in [3.63, 3.8) is 0 Å². The minimum absolute atomic E-state index is 0.0755. The number of carbonyl (C=O) groups is 3. The van der Waals surface area contributed by atoms with Crippen molar-refractivity contribution in [1.82, 2.24) is 0 Å². The van der Waals surface area contributed by atoms with Crippen LogP contribution in [0.2, 0.25) is 0 Å². The maximum atomic E-state index is 12.8. The van der Waals surface area contributed by atoms with Gasteiger partial charge in [0.1, 0.15) is 13.2 Å². The molecule has 6 heteroatoms. The van der Waals surface area contributed by atoms with Gasteiger partial charge in [-0.1, -0.05) is 268 Å². The van der Waals surface area contributed by atoms with E-state index >= 15 is 0 Å². The molecule has 0 bridgehead atoms. The predicted molar refractivity (Wildman–Crippen MR) is 284 cm³/mol. The van der Waals surface area contributed by atoms with E-state index in [-0.39, 0.29) is 31.1 Å². The van der Waals surface area contributed by atoms with E-state index in [1.807, 2.05) is 0 Å². The Hall–Kier alpha value is -2.63. The Morgan fingerprint density at radius 3 is 0.924 bits per heavy atom. The lowest BCUT2D eigenvalue weighted by Crippen LogP contribution is -2.30. The number of ether oxygens (including phenoxy) is 3. The molecular weight excluding hydrogens is 817 g/mol. The third-order valence-electron chi connectivity index (χ3n) is 12.6. The lowest BCUT2D eigenvalue weighted by atomic mass is 10.0. The van der Waals surface area contributed by atoms with E-state index < -0.39 is 6.10 Å². The zero-order chi connectivity index (χ0) is 47.9. The first-order chi connectivity index (χ1) is 32.5. The topological polar surface area (TPSA) is 78.9 Å². The number of unbranched alkanes of at least 4 members (excludes halogenated alkanes) is 33. The normalized spacial score (nSPS) is 12.3. The van der Waals surface area contributed by atoms with Gasteiger partial charge >= 0.3 is 17.9 Å². The van der Waals surface area contributed by atoms with Gasteiger partial charge in [-0.15, -0.1) is 0 Å². The molecule has 0 rings (SSSR count). The van der Waals surface area contributed by atoms with Gasteiger partial charge in [-0.25, -0.2) is 0 Å². The Kier molecular flexibility index (Phi) is 52.8. The summed E-state index contributed by atoms with van der Waals surface area (Å²) in [6, 6.07) is 0. The van der Waals surface area contributed by atoms with E-state index in [1.54, 1.807) is 0 Å². The average Bonchev–Trinajstić information content (AvgIpc) is 3.31. The summed E-state index contributed by atoms with van der Waals surface area (Å²) < 4.78 is 16.8. The molecule has 0 aromatic heterocycles. The van der Waals surface area contributed by atoms with Crippen LogP contribution in [0.25, 0.3) is 0 Å². The van der Waals surface area contributed by atoms with Crippen LogP contribution >= 0.6 is 0 Å². The van der Waals surface area contributed by atoms with Gasteiger partial charge in [0.05, 0.1) is 0 Å². The smallest absolute Gasteiger partial charge is 0.306 e. The maximum Gasteiger partial charge on any atom is 0.306 e. The highest BCUT2D eigenvalue weighted by Crippen LogP contribution is 2.17. The molecule has 0 radical (unpaired) electrons. The molecule has 0 aliphatic heterocycles. The summed E-state index contributed by atoms with van der Waals surface area (Å²) in [4.78, 5) is 37.9. The van der Waals surface area contributed by atoms with Crippen LogP contribution in [0.1, 0.15) is 297 Å². The van der Waals surface area contributed by atoms with E-state index in [0.717, 1.165) is 96.3 Å². The predicted octanol–water partition coefficient (Wildman–Crippen LogP) is 19.0. The Morgan fingerprint density at radius 1 is 0.318 bits per heavy atom. The first kappa shape index (κ1) is 63.4. The zero-order valence-electron chi connectivity index (χ0n) is 44.0. The summed E-state index contributed by atoms with van der Waals surface area (Å²) in [6.45, 7) is 6.51. The number of allylic oxidation sites excluding steroid dienone is 8. The molecule has 0 saturated heterocycles. The van der Waals surface area contributed by atoms with Gasteiger partial charge in [-0.3, -0.25) is 14.4 Å². The van der Waals surface area contributed by atoms with Crippen LogP contribution in [0, 0.1) is 0 Å². The Bertz CT molecular complexity index is 1150. The molecule has 0 saturated carbocycles. The van der Waals surface area contributed by atoms with Crippen molar-refractivity contribution in [1.29, 1.82) is 0 Å². The van der Waals surface area contributed by atoms with Crippen LogP contribution in [0.4, 0.5) is 0 Å². The van der Waals surface area contributed by atoms with Crippen LogP contribution in [0.15, 0.2) is 48.6 Å². The molecule has 384 valence electrons. The van der Waals surface area contributed by atoms with Crippen molar-refractivity contribution in [2.45, 2.75) is 303 Å². The second-order valence-corrected chi connectivity index (χ2v) is 19.2. The first-order valence-corrected chi connectivity index (χ1v) is 28.6. The summed E-state index contributed by atoms with van der Waals surface area (Å²) in [5.74, 6) is -0.883. The third-order valence-corrected chi connectivity index (χ3v) is 12.6. The molecule has 66 heavy (non-hydrogen) atoms. The second kappa shape index (κ2) is 55.0. The van der Waals surface area contributed by atoms with Crippen molar-refractivity contribution in [3.05, 3.63) is 48.6 Å². The third kappa shape index (κ3) is 52.3. The molecule has 0 aliphatic rings. The van der Waals surface area contributed by atoms with Crippen LogP contribution in [0.5, 0.6) is 0 Å². The fraction of sp³-hybridized carbons (Fsp3) is 0.817. The number of carbonyl (C=O) groups excluding carboxylic acids is 3. The van der Waals surface area contributed by atoms with E-state index in [2.05, 4.69) is 69.4 Å². The summed E-state index contributed by atoms with van der Waals surface area (Å²) in [7, 11) is 0. The van der Waals surface area contributed by atoms with Gasteiger partial charge in [0, 0.05) is 19.3 Å². The van der Waals surface area contributed by atoms with Crippen LogP contribution < -0.4 is 0 Å². The molecule has 0 amide bonds. The van der Waals surface area contributed by atoms with Crippen molar-refractivity contribution >= 4 is 17.9 Å². The van der Waals surface area contributed by atoms with Crippen molar-refractivity contribution in [3.8, 4) is 0 Å². The van der Waals surface area contributed by atoms with Gasteiger partial charge in [-0.05, 0) is 57.8 Å². The van der Waals surface area contributed by atoms with Gasteiger partial charge in [-0.2, -0.15) is 0 Å². The molecule has 1 atom stereocenters. The number of hydrogen-bond acceptors (Lipinski definition) is 6. The maximum absolute atomic E-state index is 12.8. The molecule has 0 N–H and O–H groups in total. The van der Waals surface area contributed by atoms with Gasteiger partial charge in [0.25, 0.3) is 0 Å². The number of hydrogen-bond donors (Lipinski definition) is 0. The Labute approximate surface area is 409 Å². The monoisotopic (exact) mass is 925 g/mol. The number of rotatable bonds is 52. The lowest BCUT2D eigenvalue weighted by Gasteiger charge is -2.18.